The molecule has 0 fully saturated rings. The first kappa shape index (κ1) is 14.2. The number of hydrogen-bond acceptors (Lipinski definition) is 3. The van der Waals surface area contributed by atoms with Gasteiger partial charge in [0, 0.05) is 23.1 Å². The van der Waals surface area contributed by atoms with Crippen molar-refractivity contribution in [2.24, 2.45) is 0 Å². The number of thiazole rings is 1. The van der Waals surface area contributed by atoms with Crippen LogP contribution in [-0.4, -0.2) is 22.8 Å². The van der Waals surface area contributed by atoms with Crippen LogP contribution in [0.15, 0.2) is 34.2 Å². The van der Waals surface area contributed by atoms with Crippen molar-refractivity contribution in [3.8, 4) is 0 Å². The first-order valence-corrected chi connectivity index (χ1v) is 7.61. The molecule has 0 saturated carbocycles. The largest absolute Gasteiger partial charge is 0.339 e. The monoisotopic (exact) mass is 338 g/mol. The molecule has 0 aliphatic carbocycles. The van der Waals surface area contributed by atoms with Gasteiger partial charge in [0.15, 0.2) is 0 Å². The zero-order valence-electron chi connectivity index (χ0n) is 10.9. The Balaban J connectivity index is 1.98. The highest BCUT2D eigenvalue weighted by molar-refractivity contribution is 9.10. The van der Waals surface area contributed by atoms with Gasteiger partial charge in [0.2, 0.25) is 5.91 Å². The summed E-state index contributed by atoms with van der Waals surface area (Å²) in [6.07, 6.45) is 2.18. The van der Waals surface area contributed by atoms with Crippen molar-refractivity contribution in [1.29, 1.82) is 0 Å². The summed E-state index contributed by atoms with van der Waals surface area (Å²) in [5, 5.41) is 2.88. The van der Waals surface area contributed by atoms with E-state index >= 15 is 0 Å². The van der Waals surface area contributed by atoms with Crippen molar-refractivity contribution in [2.45, 2.75) is 19.9 Å². The third-order valence-corrected chi connectivity index (χ3v) is 4.49. The second-order valence-corrected chi connectivity index (χ2v) is 6.27. The minimum Gasteiger partial charge on any atom is -0.339 e. The van der Waals surface area contributed by atoms with E-state index in [9.17, 15) is 4.79 Å². The number of nitrogens with zero attached hydrogens (tertiary/aromatic N) is 2. The van der Waals surface area contributed by atoms with E-state index in [0.29, 0.717) is 13.0 Å². The highest BCUT2D eigenvalue weighted by Gasteiger charge is 2.11. The Bertz CT molecular complexity index is 569. The van der Waals surface area contributed by atoms with Gasteiger partial charge in [-0.25, -0.2) is 4.98 Å². The first-order valence-electron chi connectivity index (χ1n) is 5.93. The molecular formula is C14H15BrN2OS. The van der Waals surface area contributed by atoms with Crippen LogP contribution in [-0.2, 0) is 17.8 Å². The summed E-state index contributed by atoms with van der Waals surface area (Å²) >= 11 is 5.06. The molecular weight excluding hydrogens is 324 g/mol. The van der Waals surface area contributed by atoms with E-state index in [4.69, 9.17) is 0 Å². The van der Waals surface area contributed by atoms with E-state index in [1.807, 2.05) is 37.6 Å². The number of benzene rings is 1. The Morgan fingerprint density at radius 1 is 1.47 bits per heavy atom. The molecule has 0 N–H and O–H groups in total. The zero-order valence-corrected chi connectivity index (χ0v) is 13.3. The Labute approximate surface area is 125 Å². The van der Waals surface area contributed by atoms with Crippen LogP contribution in [0.3, 0.4) is 0 Å². The van der Waals surface area contributed by atoms with Gasteiger partial charge in [-0.15, -0.1) is 11.3 Å². The SMILES string of the molecule is Cc1ccc(CC(=O)N(C)Cc2nccs2)cc1Br. The third kappa shape index (κ3) is 3.88. The lowest BCUT2D eigenvalue weighted by atomic mass is 10.1. The van der Waals surface area contributed by atoms with Crippen LogP contribution in [0.5, 0.6) is 0 Å². The average molecular weight is 339 g/mol. The third-order valence-electron chi connectivity index (χ3n) is 2.87. The Morgan fingerprint density at radius 2 is 2.26 bits per heavy atom. The van der Waals surface area contributed by atoms with Gasteiger partial charge in [-0.3, -0.25) is 4.79 Å². The molecule has 0 unspecified atom stereocenters. The van der Waals surface area contributed by atoms with Crippen molar-refractivity contribution in [2.75, 3.05) is 7.05 Å². The molecule has 5 heteroatoms. The normalized spacial score (nSPS) is 10.5. The lowest BCUT2D eigenvalue weighted by molar-refractivity contribution is -0.129. The minimum atomic E-state index is 0.103. The Kier molecular flexibility index (Phi) is 4.71. The highest BCUT2D eigenvalue weighted by Crippen LogP contribution is 2.18. The topological polar surface area (TPSA) is 33.2 Å². The van der Waals surface area contributed by atoms with E-state index < -0.39 is 0 Å². The number of aromatic nitrogens is 1. The van der Waals surface area contributed by atoms with E-state index in [-0.39, 0.29) is 5.91 Å². The Morgan fingerprint density at radius 3 is 2.89 bits per heavy atom. The molecule has 0 aliphatic heterocycles. The highest BCUT2D eigenvalue weighted by atomic mass is 79.9. The quantitative estimate of drug-likeness (QED) is 0.855. The van der Waals surface area contributed by atoms with Gasteiger partial charge in [-0.2, -0.15) is 0 Å². The molecule has 1 amide bonds. The summed E-state index contributed by atoms with van der Waals surface area (Å²) in [5.74, 6) is 0.103. The van der Waals surface area contributed by atoms with E-state index in [1.54, 1.807) is 22.4 Å². The van der Waals surface area contributed by atoms with Gasteiger partial charge in [0.25, 0.3) is 0 Å². The molecule has 0 saturated heterocycles. The van der Waals surface area contributed by atoms with Crippen LogP contribution < -0.4 is 0 Å². The lowest BCUT2D eigenvalue weighted by Gasteiger charge is -2.16. The molecule has 0 bridgehead atoms. The molecule has 1 heterocycles. The van der Waals surface area contributed by atoms with Gasteiger partial charge >= 0.3 is 0 Å². The summed E-state index contributed by atoms with van der Waals surface area (Å²) in [6, 6.07) is 6.02. The molecule has 1 aromatic carbocycles. The fraction of sp³-hybridized carbons (Fsp3) is 0.286. The van der Waals surface area contributed by atoms with Crippen LogP contribution in [0, 0.1) is 6.92 Å². The molecule has 2 rings (SSSR count). The predicted molar refractivity (Wildman–Crippen MR) is 81.2 cm³/mol. The Hall–Kier alpha value is -1.20. The summed E-state index contributed by atoms with van der Waals surface area (Å²) in [5.41, 5.74) is 2.20. The van der Waals surface area contributed by atoms with Crippen LogP contribution in [0.4, 0.5) is 0 Å². The van der Waals surface area contributed by atoms with Gasteiger partial charge in [-0.05, 0) is 24.1 Å². The van der Waals surface area contributed by atoms with Crippen molar-refractivity contribution in [3.63, 3.8) is 0 Å². The second kappa shape index (κ2) is 6.30. The van der Waals surface area contributed by atoms with Crippen LogP contribution >= 0.6 is 27.3 Å². The summed E-state index contributed by atoms with van der Waals surface area (Å²) < 4.78 is 1.04. The summed E-state index contributed by atoms with van der Waals surface area (Å²) in [4.78, 5) is 18.0. The number of amides is 1. The van der Waals surface area contributed by atoms with E-state index in [2.05, 4.69) is 20.9 Å². The maximum atomic E-state index is 12.1. The van der Waals surface area contributed by atoms with Crippen molar-refractivity contribution >= 4 is 33.2 Å². The van der Waals surface area contributed by atoms with Gasteiger partial charge < -0.3 is 4.90 Å². The standard InChI is InChI=1S/C14H15BrN2OS/c1-10-3-4-11(7-12(10)15)8-14(18)17(2)9-13-16-5-6-19-13/h3-7H,8-9H2,1-2H3. The van der Waals surface area contributed by atoms with Gasteiger partial charge in [0.1, 0.15) is 5.01 Å². The number of rotatable bonds is 4. The number of halogens is 1. The fourth-order valence-electron chi connectivity index (χ4n) is 1.68. The summed E-state index contributed by atoms with van der Waals surface area (Å²) in [6.45, 7) is 2.60. The van der Waals surface area contributed by atoms with Crippen LogP contribution in [0.2, 0.25) is 0 Å². The first-order chi connectivity index (χ1) is 9.06. The van der Waals surface area contributed by atoms with Crippen molar-refractivity contribution < 1.29 is 4.79 Å². The fourth-order valence-corrected chi connectivity index (χ4v) is 2.77. The molecule has 0 atom stereocenters. The van der Waals surface area contributed by atoms with E-state index in [1.165, 1.54) is 5.56 Å². The molecule has 3 nitrogen and oxygen atoms in total. The molecule has 0 spiro atoms. The molecule has 0 radical (unpaired) electrons. The molecule has 100 valence electrons. The van der Waals surface area contributed by atoms with Crippen LogP contribution in [0.25, 0.3) is 0 Å². The number of likely N-dealkylation sites (N-methyl/N-ethyl adjacent to an activating group) is 1. The minimum absolute atomic E-state index is 0.103. The van der Waals surface area contributed by atoms with Crippen molar-refractivity contribution in [1.82, 2.24) is 9.88 Å². The number of carbonyl (C=O) groups is 1. The maximum absolute atomic E-state index is 12.1. The maximum Gasteiger partial charge on any atom is 0.227 e. The van der Waals surface area contributed by atoms with E-state index in [0.717, 1.165) is 15.0 Å². The molecule has 0 aliphatic rings. The molecule has 2 aromatic rings. The molecule has 19 heavy (non-hydrogen) atoms. The average Bonchev–Trinajstić information content (AvgIpc) is 2.86. The summed E-state index contributed by atoms with van der Waals surface area (Å²) in [7, 11) is 1.81. The number of hydrogen-bond donors (Lipinski definition) is 0. The van der Waals surface area contributed by atoms with Gasteiger partial charge in [0.05, 0.1) is 13.0 Å². The van der Waals surface area contributed by atoms with Gasteiger partial charge in [-0.1, -0.05) is 28.1 Å². The number of aryl methyl sites for hydroxylation is 1. The zero-order chi connectivity index (χ0) is 13.8. The van der Waals surface area contributed by atoms with Crippen LogP contribution in [0.1, 0.15) is 16.1 Å². The van der Waals surface area contributed by atoms with Crippen molar-refractivity contribution in [3.05, 3.63) is 50.4 Å². The smallest absolute Gasteiger partial charge is 0.227 e. The molecule has 1 aromatic heterocycles. The predicted octanol–water partition coefficient (Wildman–Crippen LogP) is 3.42. The lowest BCUT2D eigenvalue weighted by Crippen LogP contribution is -2.27. The second-order valence-electron chi connectivity index (χ2n) is 4.44. The number of carbonyl (C=O) groups excluding carboxylic acids is 1.